The number of aryl methyl sites for hydroxylation is 2. The number of nitrogens with one attached hydrogen (secondary N) is 1. The van der Waals surface area contributed by atoms with Crippen LogP contribution in [0.5, 0.6) is 0 Å². The SMILES string of the molecule is CC[C@@H](C)Nc1cc(C)ccc1C. The largest absolute Gasteiger partial charge is 0.382 e. The summed E-state index contributed by atoms with van der Waals surface area (Å²) in [6.07, 6.45) is 1.16. The highest BCUT2D eigenvalue weighted by Crippen LogP contribution is 2.17. The van der Waals surface area contributed by atoms with Crippen molar-refractivity contribution in [3.8, 4) is 0 Å². The summed E-state index contributed by atoms with van der Waals surface area (Å²) < 4.78 is 0. The maximum atomic E-state index is 3.50. The van der Waals surface area contributed by atoms with E-state index in [9.17, 15) is 0 Å². The predicted octanol–water partition coefficient (Wildman–Crippen LogP) is 3.51. The molecule has 72 valence electrons. The summed E-state index contributed by atoms with van der Waals surface area (Å²) >= 11 is 0. The van der Waals surface area contributed by atoms with Crippen LogP contribution in [0.1, 0.15) is 31.4 Å². The Morgan fingerprint density at radius 2 is 2.00 bits per heavy atom. The van der Waals surface area contributed by atoms with Crippen molar-refractivity contribution in [2.75, 3.05) is 5.32 Å². The molecular weight excluding hydrogens is 158 g/mol. The molecule has 0 amide bonds. The second-order valence-electron chi connectivity index (χ2n) is 3.77. The molecule has 0 saturated carbocycles. The summed E-state index contributed by atoms with van der Waals surface area (Å²) in [5.41, 5.74) is 3.91. The highest BCUT2D eigenvalue weighted by Gasteiger charge is 2.01. The van der Waals surface area contributed by atoms with Gasteiger partial charge in [-0.25, -0.2) is 0 Å². The fourth-order valence-corrected chi connectivity index (χ4v) is 1.26. The summed E-state index contributed by atoms with van der Waals surface area (Å²) in [6.45, 7) is 8.68. The lowest BCUT2D eigenvalue weighted by Gasteiger charge is -2.15. The summed E-state index contributed by atoms with van der Waals surface area (Å²) in [5, 5.41) is 3.50. The van der Waals surface area contributed by atoms with Gasteiger partial charge in [-0.1, -0.05) is 19.1 Å². The Morgan fingerprint density at radius 3 is 2.62 bits per heavy atom. The van der Waals surface area contributed by atoms with Gasteiger partial charge in [0.05, 0.1) is 0 Å². The van der Waals surface area contributed by atoms with Crippen LogP contribution in [0.4, 0.5) is 5.69 Å². The maximum absolute atomic E-state index is 3.50. The third-order valence-electron chi connectivity index (χ3n) is 2.41. The van der Waals surface area contributed by atoms with Crippen molar-refractivity contribution in [3.05, 3.63) is 29.3 Å². The first-order chi connectivity index (χ1) is 6.13. The zero-order valence-corrected chi connectivity index (χ0v) is 9.02. The van der Waals surface area contributed by atoms with E-state index in [0.29, 0.717) is 6.04 Å². The summed E-state index contributed by atoms with van der Waals surface area (Å²) in [6, 6.07) is 7.08. The zero-order valence-electron chi connectivity index (χ0n) is 9.02. The molecule has 1 nitrogen and oxygen atoms in total. The van der Waals surface area contributed by atoms with Crippen LogP contribution in [0.2, 0.25) is 0 Å². The van der Waals surface area contributed by atoms with E-state index in [1.807, 2.05) is 0 Å². The van der Waals surface area contributed by atoms with Gasteiger partial charge >= 0.3 is 0 Å². The fourth-order valence-electron chi connectivity index (χ4n) is 1.26. The van der Waals surface area contributed by atoms with Crippen molar-refractivity contribution in [1.82, 2.24) is 0 Å². The number of rotatable bonds is 3. The van der Waals surface area contributed by atoms with Crippen molar-refractivity contribution in [3.63, 3.8) is 0 Å². The quantitative estimate of drug-likeness (QED) is 0.745. The Kier molecular flexibility index (Phi) is 3.35. The third kappa shape index (κ3) is 2.76. The average molecular weight is 177 g/mol. The predicted molar refractivity (Wildman–Crippen MR) is 59.3 cm³/mol. The standard InChI is InChI=1S/C12H19N/c1-5-11(4)13-12-8-9(2)6-7-10(12)3/h6-8,11,13H,5H2,1-4H3/t11-/m1/s1. The van der Waals surface area contributed by atoms with Gasteiger partial charge in [-0.05, 0) is 44.4 Å². The minimum atomic E-state index is 0.556. The van der Waals surface area contributed by atoms with Gasteiger partial charge in [-0.2, -0.15) is 0 Å². The summed E-state index contributed by atoms with van der Waals surface area (Å²) in [4.78, 5) is 0. The highest BCUT2D eigenvalue weighted by atomic mass is 14.9. The minimum absolute atomic E-state index is 0.556. The van der Waals surface area contributed by atoms with E-state index in [4.69, 9.17) is 0 Å². The molecule has 13 heavy (non-hydrogen) atoms. The lowest BCUT2D eigenvalue weighted by Crippen LogP contribution is -2.14. The molecular formula is C12H19N. The third-order valence-corrected chi connectivity index (χ3v) is 2.41. The van der Waals surface area contributed by atoms with Crippen LogP contribution < -0.4 is 5.32 Å². The molecule has 0 fully saturated rings. The molecule has 0 aromatic heterocycles. The van der Waals surface area contributed by atoms with Gasteiger partial charge in [0, 0.05) is 11.7 Å². The zero-order chi connectivity index (χ0) is 9.84. The van der Waals surface area contributed by atoms with Gasteiger partial charge in [0.1, 0.15) is 0 Å². The van der Waals surface area contributed by atoms with Gasteiger partial charge < -0.3 is 5.32 Å². The Balaban J connectivity index is 2.81. The van der Waals surface area contributed by atoms with Crippen molar-refractivity contribution in [1.29, 1.82) is 0 Å². The molecule has 0 radical (unpaired) electrons. The van der Waals surface area contributed by atoms with Crippen molar-refractivity contribution < 1.29 is 0 Å². The lowest BCUT2D eigenvalue weighted by molar-refractivity contribution is 0.763. The molecule has 0 unspecified atom stereocenters. The van der Waals surface area contributed by atoms with E-state index in [-0.39, 0.29) is 0 Å². The van der Waals surface area contributed by atoms with Gasteiger partial charge in [0.15, 0.2) is 0 Å². The molecule has 0 spiro atoms. The first-order valence-electron chi connectivity index (χ1n) is 4.97. The van der Waals surface area contributed by atoms with E-state index in [1.54, 1.807) is 0 Å². The highest BCUT2D eigenvalue weighted by molar-refractivity contribution is 5.52. The van der Waals surface area contributed by atoms with Gasteiger partial charge in [-0.3, -0.25) is 0 Å². The summed E-state index contributed by atoms with van der Waals surface area (Å²) in [5.74, 6) is 0. The van der Waals surface area contributed by atoms with Crippen molar-refractivity contribution in [2.24, 2.45) is 0 Å². The van der Waals surface area contributed by atoms with Crippen molar-refractivity contribution >= 4 is 5.69 Å². The van der Waals surface area contributed by atoms with E-state index in [2.05, 4.69) is 51.2 Å². The second-order valence-corrected chi connectivity index (χ2v) is 3.77. The van der Waals surface area contributed by atoms with Crippen LogP contribution in [-0.2, 0) is 0 Å². The first kappa shape index (κ1) is 10.1. The lowest BCUT2D eigenvalue weighted by atomic mass is 10.1. The molecule has 1 rings (SSSR count). The van der Waals surface area contributed by atoms with E-state index >= 15 is 0 Å². The molecule has 1 aromatic carbocycles. The fraction of sp³-hybridized carbons (Fsp3) is 0.500. The van der Waals surface area contributed by atoms with Gasteiger partial charge in [0.25, 0.3) is 0 Å². The number of anilines is 1. The Bertz CT molecular complexity index is 278. The van der Waals surface area contributed by atoms with Crippen LogP contribution in [0.25, 0.3) is 0 Å². The molecule has 0 heterocycles. The molecule has 0 bridgehead atoms. The molecule has 1 aromatic rings. The molecule has 0 aliphatic heterocycles. The van der Waals surface area contributed by atoms with Crippen LogP contribution in [0, 0.1) is 13.8 Å². The van der Waals surface area contributed by atoms with Crippen molar-refractivity contribution in [2.45, 2.75) is 40.2 Å². The maximum Gasteiger partial charge on any atom is 0.0374 e. The van der Waals surface area contributed by atoms with E-state index < -0.39 is 0 Å². The van der Waals surface area contributed by atoms with Gasteiger partial charge in [-0.15, -0.1) is 0 Å². The average Bonchev–Trinajstić information content (AvgIpc) is 2.11. The Morgan fingerprint density at radius 1 is 1.31 bits per heavy atom. The smallest absolute Gasteiger partial charge is 0.0374 e. The van der Waals surface area contributed by atoms with E-state index in [1.165, 1.54) is 16.8 Å². The van der Waals surface area contributed by atoms with Crippen LogP contribution >= 0.6 is 0 Å². The molecule has 1 atom stereocenters. The minimum Gasteiger partial charge on any atom is -0.382 e. The summed E-state index contributed by atoms with van der Waals surface area (Å²) in [7, 11) is 0. The number of hydrogen-bond donors (Lipinski definition) is 1. The number of hydrogen-bond acceptors (Lipinski definition) is 1. The monoisotopic (exact) mass is 177 g/mol. The Labute approximate surface area is 81.2 Å². The number of benzene rings is 1. The molecule has 0 saturated heterocycles. The Hall–Kier alpha value is -0.980. The van der Waals surface area contributed by atoms with Crippen LogP contribution in [0.15, 0.2) is 18.2 Å². The molecule has 0 aliphatic carbocycles. The topological polar surface area (TPSA) is 12.0 Å². The van der Waals surface area contributed by atoms with E-state index in [0.717, 1.165) is 6.42 Å². The van der Waals surface area contributed by atoms with Gasteiger partial charge in [0.2, 0.25) is 0 Å². The molecule has 0 aliphatic rings. The molecule has 1 N–H and O–H groups in total. The second kappa shape index (κ2) is 4.31. The van der Waals surface area contributed by atoms with Crippen LogP contribution in [0.3, 0.4) is 0 Å². The normalized spacial score (nSPS) is 12.6. The molecule has 1 heteroatoms. The first-order valence-corrected chi connectivity index (χ1v) is 4.97. The van der Waals surface area contributed by atoms with Crippen LogP contribution in [-0.4, -0.2) is 6.04 Å².